The van der Waals surface area contributed by atoms with E-state index in [9.17, 15) is 0 Å². The van der Waals surface area contributed by atoms with E-state index in [2.05, 4.69) is 39.4 Å². The van der Waals surface area contributed by atoms with Gasteiger partial charge in [-0.3, -0.25) is 9.58 Å². The zero-order chi connectivity index (χ0) is 14.1. The van der Waals surface area contributed by atoms with Gasteiger partial charge >= 0.3 is 0 Å². The van der Waals surface area contributed by atoms with Gasteiger partial charge in [0.1, 0.15) is 0 Å². The van der Waals surface area contributed by atoms with E-state index in [1.165, 1.54) is 54.6 Å². The number of hydrogen-bond donors (Lipinski definition) is 0. The molecule has 2 aliphatic rings. The van der Waals surface area contributed by atoms with Crippen LogP contribution in [-0.4, -0.2) is 27.8 Å². The molecular formula is C16H26BrN3. The number of halogens is 1. The van der Waals surface area contributed by atoms with Crippen molar-refractivity contribution in [3.05, 3.63) is 15.9 Å². The second-order valence-electron chi connectivity index (χ2n) is 6.46. The molecule has 112 valence electrons. The second-order valence-corrected chi connectivity index (χ2v) is 7.25. The molecule has 1 heterocycles. The molecule has 0 aliphatic heterocycles. The van der Waals surface area contributed by atoms with Gasteiger partial charge in [-0.2, -0.15) is 5.10 Å². The highest BCUT2D eigenvalue weighted by atomic mass is 79.9. The first-order valence-electron chi connectivity index (χ1n) is 8.17. The molecule has 2 fully saturated rings. The van der Waals surface area contributed by atoms with Gasteiger partial charge in [-0.05, 0) is 66.8 Å². The molecule has 1 aromatic heterocycles. The third-order valence-electron chi connectivity index (χ3n) is 4.49. The first kappa shape index (κ1) is 14.6. The summed E-state index contributed by atoms with van der Waals surface area (Å²) >= 11 is 3.79. The molecule has 3 rings (SSSR count). The van der Waals surface area contributed by atoms with Gasteiger partial charge in [0.25, 0.3) is 0 Å². The Morgan fingerprint density at radius 1 is 1.15 bits per heavy atom. The van der Waals surface area contributed by atoms with E-state index < -0.39 is 0 Å². The Kier molecular flexibility index (Phi) is 4.51. The van der Waals surface area contributed by atoms with Crippen molar-refractivity contribution >= 4 is 15.9 Å². The molecule has 0 bridgehead atoms. The van der Waals surface area contributed by atoms with Crippen molar-refractivity contribution in [1.82, 2.24) is 14.7 Å². The van der Waals surface area contributed by atoms with Crippen LogP contribution < -0.4 is 0 Å². The first-order valence-corrected chi connectivity index (χ1v) is 8.96. The number of hydrogen-bond acceptors (Lipinski definition) is 2. The van der Waals surface area contributed by atoms with Crippen LogP contribution in [0.3, 0.4) is 0 Å². The zero-order valence-electron chi connectivity index (χ0n) is 12.7. The van der Waals surface area contributed by atoms with Crippen LogP contribution in [0.4, 0.5) is 0 Å². The van der Waals surface area contributed by atoms with E-state index in [0.29, 0.717) is 0 Å². The predicted octanol–water partition coefficient (Wildman–Crippen LogP) is 3.85. The lowest BCUT2D eigenvalue weighted by atomic mass is 10.2. The molecule has 0 radical (unpaired) electrons. The average Bonchev–Trinajstić information content (AvgIpc) is 3.34. The van der Waals surface area contributed by atoms with Gasteiger partial charge < -0.3 is 0 Å². The Labute approximate surface area is 130 Å². The lowest BCUT2D eigenvalue weighted by Gasteiger charge is -2.22. The molecular weight excluding hydrogens is 314 g/mol. The minimum Gasteiger partial charge on any atom is -0.297 e. The smallest absolute Gasteiger partial charge is 0.0767 e. The fourth-order valence-electron chi connectivity index (χ4n) is 2.91. The first-order chi connectivity index (χ1) is 9.71. The summed E-state index contributed by atoms with van der Waals surface area (Å²) in [5, 5.41) is 4.73. The van der Waals surface area contributed by atoms with Gasteiger partial charge in [0, 0.05) is 26.2 Å². The molecule has 0 N–H and O–H groups in total. The van der Waals surface area contributed by atoms with Crippen molar-refractivity contribution in [2.24, 2.45) is 11.8 Å². The normalized spacial score (nSPS) is 19.0. The Hall–Kier alpha value is -0.350. The molecule has 0 spiro atoms. The minimum absolute atomic E-state index is 0.967. The molecule has 20 heavy (non-hydrogen) atoms. The third-order valence-corrected chi connectivity index (χ3v) is 5.41. The van der Waals surface area contributed by atoms with Crippen molar-refractivity contribution in [2.75, 3.05) is 13.1 Å². The van der Waals surface area contributed by atoms with Crippen LogP contribution in [0.15, 0.2) is 4.47 Å². The largest absolute Gasteiger partial charge is 0.297 e. The van der Waals surface area contributed by atoms with Crippen LogP contribution in [0.2, 0.25) is 0 Å². The maximum Gasteiger partial charge on any atom is 0.0767 e. The Bertz CT molecular complexity index is 447. The summed E-state index contributed by atoms with van der Waals surface area (Å²) in [6.45, 7) is 8.99. The molecule has 0 saturated heterocycles. The number of aryl methyl sites for hydroxylation is 2. The summed E-state index contributed by atoms with van der Waals surface area (Å²) in [5.74, 6) is 1.94. The molecule has 0 unspecified atom stereocenters. The van der Waals surface area contributed by atoms with Crippen molar-refractivity contribution in [1.29, 1.82) is 0 Å². The zero-order valence-corrected chi connectivity index (χ0v) is 14.3. The van der Waals surface area contributed by atoms with E-state index in [1.807, 2.05) is 0 Å². The average molecular weight is 340 g/mol. The van der Waals surface area contributed by atoms with Gasteiger partial charge in [-0.15, -0.1) is 0 Å². The maximum absolute atomic E-state index is 4.73. The lowest BCUT2D eigenvalue weighted by Crippen LogP contribution is -2.29. The van der Waals surface area contributed by atoms with Gasteiger partial charge in [0.2, 0.25) is 0 Å². The van der Waals surface area contributed by atoms with E-state index in [4.69, 9.17) is 5.10 Å². The van der Waals surface area contributed by atoms with Crippen LogP contribution in [0, 0.1) is 11.8 Å². The Balaban J connectivity index is 1.73. The minimum atomic E-state index is 0.967. The second kappa shape index (κ2) is 6.18. The monoisotopic (exact) mass is 339 g/mol. The fourth-order valence-corrected chi connectivity index (χ4v) is 3.60. The third kappa shape index (κ3) is 3.45. The summed E-state index contributed by atoms with van der Waals surface area (Å²) in [7, 11) is 0. The summed E-state index contributed by atoms with van der Waals surface area (Å²) in [6.07, 6.45) is 6.77. The predicted molar refractivity (Wildman–Crippen MR) is 85.7 cm³/mol. The maximum atomic E-state index is 4.73. The van der Waals surface area contributed by atoms with Crippen LogP contribution in [0.5, 0.6) is 0 Å². The van der Waals surface area contributed by atoms with Gasteiger partial charge in [0.05, 0.1) is 15.9 Å². The van der Waals surface area contributed by atoms with Gasteiger partial charge in [-0.25, -0.2) is 0 Å². The quantitative estimate of drug-likeness (QED) is 0.717. The van der Waals surface area contributed by atoms with Crippen LogP contribution in [0.1, 0.15) is 50.9 Å². The van der Waals surface area contributed by atoms with Crippen molar-refractivity contribution < 1.29 is 0 Å². The van der Waals surface area contributed by atoms with Crippen molar-refractivity contribution in [3.8, 4) is 0 Å². The van der Waals surface area contributed by atoms with Crippen molar-refractivity contribution in [2.45, 2.75) is 59.0 Å². The molecule has 3 nitrogen and oxygen atoms in total. The van der Waals surface area contributed by atoms with E-state index in [0.717, 1.165) is 31.3 Å². The highest BCUT2D eigenvalue weighted by Gasteiger charge is 2.30. The van der Waals surface area contributed by atoms with Crippen molar-refractivity contribution in [3.63, 3.8) is 0 Å². The molecule has 0 atom stereocenters. The Morgan fingerprint density at radius 3 is 2.20 bits per heavy atom. The lowest BCUT2D eigenvalue weighted by molar-refractivity contribution is 0.236. The van der Waals surface area contributed by atoms with E-state index in [-0.39, 0.29) is 0 Å². The van der Waals surface area contributed by atoms with E-state index in [1.54, 1.807) is 0 Å². The number of aromatic nitrogens is 2. The molecule has 0 aromatic carbocycles. The van der Waals surface area contributed by atoms with Crippen LogP contribution >= 0.6 is 15.9 Å². The van der Waals surface area contributed by atoms with Crippen LogP contribution in [0.25, 0.3) is 0 Å². The summed E-state index contributed by atoms with van der Waals surface area (Å²) in [5.41, 5.74) is 2.59. The van der Waals surface area contributed by atoms with Gasteiger partial charge in [0.15, 0.2) is 0 Å². The molecule has 2 aliphatic carbocycles. The summed E-state index contributed by atoms with van der Waals surface area (Å²) < 4.78 is 3.44. The Morgan fingerprint density at radius 2 is 1.75 bits per heavy atom. The standard InChI is InChI=1S/C16H26BrN3/c1-3-14-16(17)15(20(4-2)18-14)11-19(9-12-5-6-12)10-13-7-8-13/h12-13H,3-11H2,1-2H3. The highest BCUT2D eigenvalue weighted by Crippen LogP contribution is 2.35. The van der Waals surface area contributed by atoms with Gasteiger partial charge in [-0.1, -0.05) is 6.92 Å². The molecule has 0 amide bonds. The highest BCUT2D eigenvalue weighted by molar-refractivity contribution is 9.10. The van der Waals surface area contributed by atoms with E-state index >= 15 is 0 Å². The molecule has 1 aromatic rings. The summed E-state index contributed by atoms with van der Waals surface area (Å²) in [4.78, 5) is 2.68. The topological polar surface area (TPSA) is 21.1 Å². The number of nitrogens with zero attached hydrogens (tertiary/aromatic N) is 3. The molecule has 2 saturated carbocycles. The molecule has 4 heteroatoms. The number of rotatable bonds is 8. The fraction of sp³-hybridized carbons (Fsp3) is 0.812. The SMILES string of the molecule is CCc1nn(CC)c(CN(CC2CC2)CC2CC2)c1Br. The van der Waals surface area contributed by atoms with Crippen LogP contribution in [-0.2, 0) is 19.5 Å². The summed E-state index contributed by atoms with van der Waals surface area (Å²) in [6, 6.07) is 0.